The highest BCUT2D eigenvalue weighted by Gasteiger charge is 2.16. The molecule has 0 unspecified atom stereocenters. The molecule has 6 heteroatoms. The van der Waals surface area contributed by atoms with Crippen LogP contribution in [0.3, 0.4) is 0 Å². The van der Waals surface area contributed by atoms with Crippen LogP contribution in [0, 0.1) is 11.3 Å². The van der Waals surface area contributed by atoms with Gasteiger partial charge in [-0.25, -0.2) is 0 Å². The van der Waals surface area contributed by atoms with E-state index in [9.17, 15) is 0 Å². The maximum atomic E-state index is 9.16. The van der Waals surface area contributed by atoms with Gasteiger partial charge in [0.05, 0.1) is 21.1 Å². The van der Waals surface area contributed by atoms with E-state index in [1.807, 2.05) is 12.3 Å². The van der Waals surface area contributed by atoms with E-state index >= 15 is 0 Å². The Balaban J connectivity index is 2.25. The number of hydrogen-bond acceptors (Lipinski definition) is 3. The van der Waals surface area contributed by atoms with E-state index in [1.54, 1.807) is 24.1 Å². The molecule has 3 nitrogen and oxygen atoms in total. The standard InChI is InChI=1S/C19H17Cl2N3S/c1-11(2)24-10-16(12-6-17(20)15(9-22)18(21)7-12)14-5-4-13(23-25-3)8-19(14)24/h4-8,10-11,23H,1-3H3. The van der Waals surface area contributed by atoms with Crippen molar-refractivity contribution in [2.45, 2.75) is 19.9 Å². The zero-order valence-electron chi connectivity index (χ0n) is 14.1. The zero-order chi connectivity index (χ0) is 18.1. The van der Waals surface area contributed by atoms with Gasteiger partial charge in [0.2, 0.25) is 0 Å². The van der Waals surface area contributed by atoms with Gasteiger partial charge in [0.1, 0.15) is 6.07 Å². The average molecular weight is 390 g/mol. The first kappa shape index (κ1) is 18.0. The Labute approximate surface area is 161 Å². The van der Waals surface area contributed by atoms with Crippen LogP contribution in [-0.4, -0.2) is 10.8 Å². The number of aromatic nitrogens is 1. The summed E-state index contributed by atoms with van der Waals surface area (Å²) in [5, 5.41) is 11.0. The molecule has 0 amide bonds. The first-order valence-electron chi connectivity index (χ1n) is 7.79. The summed E-state index contributed by atoms with van der Waals surface area (Å²) in [6.45, 7) is 4.30. The number of fused-ring (bicyclic) bond motifs is 1. The van der Waals surface area contributed by atoms with Crippen LogP contribution in [0.1, 0.15) is 25.5 Å². The van der Waals surface area contributed by atoms with Crippen LogP contribution in [0.5, 0.6) is 0 Å². The summed E-state index contributed by atoms with van der Waals surface area (Å²) in [5.41, 5.74) is 4.46. The molecule has 0 saturated carbocycles. The fraction of sp³-hybridized carbons (Fsp3) is 0.211. The third-order valence-corrected chi connectivity index (χ3v) is 5.11. The van der Waals surface area contributed by atoms with Gasteiger partial charge in [-0.05, 0) is 43.7 Å². The lowest BCUT2D eigenvalue weighted by atomic mass is 10.0. The fourth-order valence-corrected chi connectivity index (χ4v) is 3.86. The van der Waals surface area contributed by atoms with E-state index in [0.29, 0.717) is 21.7 Å². The molecule has 3 rings (SSSR count). The second-order valence-electron chi connectivity index (χ2n) is 6.01. The Morgan fingerprint density at radius 1 is 1.16 bits per heavy atom. The highest BCUT2D eigenvalue weighted by molar-refractivity contribution is 7.99. The minimum Gasteiger partial charge on any atom is -0.344 e. The highest BCUT2D eigenvalue weighted by Crippen LogP contribution is 2.38. The number of hydrogen-bond donors (Lipinski definition) is 1. The van der Waals surface area contributed by atoms with Crippen molar-refractivity contribution in [2.75, 3.05) is 11.0 Å². The lowest BCUT2D eigenvalue weighted by Crippen LogP contribution is -1.98. The van der Waals surface area contributed by atoms with Crippen LogP contribution in [0.15, 0.2) is 36.5 Å². The summed E-state index contributed by atoms with van der Waals surface area (Å²) in [6, 6.07) is 12.3. The van der Waals surface area contributed by atoms with Gasteiger partial charge < -0.3 is 9.29 Å². The Morgan fingerprint density at radius 2 is 1.84 bits per heavy atom. The van der Waals surface area contributed by atoms with Crippen LogP contribution >= 0.6 is 35.1 Å². The van der Waals surface area contributed by atoms with Gasteiger partial charge in [0.25, 0.3) is 0 Å². The zero-order valence-corrected chi connectivity index (χ0v) is 16.4. The van der Waals surface area contributed by atoms with Crippen LogP contribution in [-0.2, 0) is 0 Å². The highest BCUT2D eigenvalue weighted by atomic mass is 35.5. The third-order valence-electron chi connectivity index (χ3n) is 4.08. The number of anilines is 1. The predicted molar refractivity (Wildman–Crippen MR) is 110 cm³/mol. The van der Waals surface area contributed by atoms with E-state index in [2.05, 4.69) is 47.5 Å². The van der Waals surface area contributed by atoms with Gasteiger partial charge in [-0.1, -0.05) is 41.2 Å². The minimum absolute atomic E-state index is 0.310. The molecule has 0 aliphatic rings. The Bertz CT molecular complexity index is 963. The SMILES string of the molecule is CSNc1ccc2c(-c3cc(Cl)c(C#N)c(Cl)c3)cn(C(C)C)c2c1. The number of nitrogens with one attached hydrogen (secondary N) is 1. The topological polar surface area (TPSA) is 40.8 Å². The molecule has 128 valence electrons. The van der Waals surface area contributed by atoms with Crippen LogP contribution < -0.4 is 4.72 Å². The summed E-state index contributed by atoms with van der Waals surface area (Å²) in [4.78, 5) is 0. The number of nitriles is 1. The van der Waals surface area contributed by atoms with Gasteiger partial charge >= 0.3 is 0 Å². The number of nitrogens with zero attached hydrogens (tertiary/aromatic N) is 2. The molecule has 2 aromatic carbocycles. The Morgan fingerprint density at radius 3 is 2.40 bits per heavy atom. The first-order valence-corrected chi connectivity index (χ1v) is 9.77. The molecule has 0 atom stereocenters. The molecule has 0 fully saturated rings. The molecule has 1 heterocycles. The lowest BCUT2D eigenvalue weighted by molar-refractivity contribution is 0.623. The fourth-order valence-electron chi connectivity index (χ4n) is 2.93. The summed E-state index contributed by atoms with van der Waals surface area (Å²) in [7, 11) is 0. The first-order chi connectivity index (χ1) is 12.0. The molecule has 1 aromatic heterocycles. The summed E-state index contributed by atoms with van der Waals surface area (Å²) in [6.07, 6.45) is 4.12. The smallest absolute Gasteiger partial charge is 0.102 e. The summed E-state index contributed by atoms with van der Waals surface area (Å²) < 4.78 is 5.51. The van der Waals surface area contributed by atoms with Gasteiger partial charge in [-0.2, -0.15) is 5.26 Å². The van der Waals surface area contributed by atoms with E-state index in [4.69, 9.17) is 28.5 Å². The molecule has 0 bridgehead atoms. The molecule has 0 radical (unpaired) electrons. The monoisotopic (exact) mass is 389 g/mol. The van der Waals surface area contributed by atoms with E-state index < -0.39 is 0 Å². The molecule has 3 aromatic rings. The average Bonchev–Trinajstić information content (AvgIpc) is 2.94. The minimum atomic E-state index is 0.310. The molecule has 0 aliphatic heterocycles. The molecular formula is C19H17Cl2N3S. The largest absolute Gasteiger partial charge is 0.344 e. The maximum Gasteiger partial charge on any atom is 0.102 e. The molecule has 1 N–H and O–H groups in total. The number of rotatable bonds is 4. The van der Waals surface area contributed by atoms with Crippen LogP contribution in [0.25, 0.3) is 22.0 Å². The second kappa shape index (κ2) is 7.21. The Hall–Kier alpha value is -1.80. The van der Waals surface area contributed by atoms with Gasteiger partial charge in [0.15, 0.2) is 0 Å². The second-order valence-corrected chi connectivity index (χ2v) is 7.44. The van der Waals surface area contributed by atoms with Crippen molar-refractivity contribution in [1.29, 1.82) is 5.26 Å². The van der Waals surface area contributed by atoms with Crippen molar-refractivity contribution in [3.63, 3.8) is 0 Å². The van der Waals surface area contributed by atoms with E-state index in [1.165, 1.54) is 0 Å². The quantitative estimate of drug-likeness (QED) is 0.501. The lowest BCUT2D eigenvalue weighted by Gasteiger charge is -2.10. The van der Waals surface area contributed by atoms with Gasteiger partial charge in [-0.15, -0.1) is 0 Å². The molecule has 0 aliphatic carbocycles. The van der Waals surface area contributed by atoms with Crippen molar-refractivity contribution in [2.24, 2.45) is 0 Å². The van der Waals surface area contributed by atoms with Crippen molar-refractivity contribution < 1.29 is 0 Å². The third kappa shape index (κ3) is 3.32. The molecule has 0 saturated heterocycles. The normalized spacial score (nSPS) is 11.1. The molecule has 0 spiro atoms. The van der Waals surface area contributed by atoms with Crippen molar-refractivity contribution in [1.82, 2.24) is 4.57 Å². The molecule has 25 heavy (non-hydrogen) atoms. The number of halogens is 2. The molecular weight excluding hydrogens is 373 g/mol. The number of benzene rings is 2. The predicted octanol–water partition coefficient (Wildman–Crippen LogP) is 6.76. The van der Waals surface area contributed by atoms with Crippen molar-refractivity contribution in [3.8, 4) is 17.2 Å². The van der Waals surface area contributed by atoms with Gasteiger partial charge in [0, 0.05) is 35.1 Å². The summed E-state index contributed by atoms with van der Waals surface area (Å²) >= 11 is 14.1. The van der Waals surface area contributed by atoms with Gasteiger partial charge in [-0.3, -0.25) is 0 Å². The van der Waals surface area contributed by atoms with E-state index in [-0.39, 0.29) is 0 Å². The van der Waals surface area contributed by atoms with Crippen molar-refractivity contribution >= 4 is 51.7 Å². The van der Waals surface area contributed by atoms with E-state index in [0.717, 1.165) is 27.7 Å². The maximum absolute atomic E-state index is 9.16. The van der Waals surface area contributed by atoms with Crippen LogP contribution in [0.4, 0.5) is 5.69 Å². The Kier molecular flexibility index (Phi) is 5.19. The van der Waals surface area contributed by atoms with Crippen LogP contribution in [0.2, 0.25) is 10.0 Å². The summed E-state index contributed by atoms with van der Waals surface area (Å²) in [5.74, 6) is 0. The van der Waals surface area contributed by atoms with Crippen molar-refractivity contribution in [3.05, 3.63) is 52.1 Å².